The van der Waals surface area contributed by atoms with Gasteiger partial charge in [0.15, 0.2) is 0 Å². The summed E-state index contributed by atoms with van der Waals surface area (Å²) < 4.78 is 12.6. The predicted octanol–water partition coefficient (Wildman–Crippen LogP) is 4.38. The van der Waals surface area contributed by atoms with E-state index in [2.05, 4.69) is 10.1 Å². The van der Waals surface area contributed by atoms with Crippen LogP contribution in [0.5, 0.6) is 5.75 Å². The van der Waals surface area contributed by atoms with E-state index in [1.165, 1.54) is 0 Å². The summed E-state index contributed by atoms with van der Waals surface area (Å²) in [5.74, 6) is 1.37. The van der Waals surface area contributed by atoms with E-state index in [4.69, 9.17) is 20.9 Å². The van der Waals surface area contributed by atoms with Gasteiger partial charge in [0.2, 0.25) is 0 Å². The van der Waals surface area contributed by atoms with Gasteiger partial charge in [-0.15, -0.1) is 0 Å². The number of pyridine rings is 2. The molecule has 0 N–H and O–H groups in total. The highest BCUT2D eigenvalue weighted by Gasteiger charge is 2.18. The monoisotopic (exact) mass is 395 g/mol. The van der Waals surface area contributed by atoms with E-state index >= 15 is 0 Å². The van der Waals surface area contributed by atoms with Gasteiger partial charge in [0, 0.05) is 23.9 Å². The fraction of sp³-hybridized carbons (Fsp3) is 0.190. The molecule has 3 aromatic heterocycles. The van der Waals surface area contributed by atoms with Crippen LogP contribution in [0.1, 0.15) is 17.0 Å². The van der Waals surface area contributed by atoms with Crippen LogP contribution >= 0.6 is 11.6 Å². The number of aromatic nitrogens is 3. The zero-order valence-electron chi connectivity index (χ0n) is 15.7. The van der Waals surface area contributed by atoms with Crippen molar-refractivity contribution in [1.29, 1.82) is 0 Å². The maximum absolute atomic E-state index is 12.6. The molecule has 4 aromatic rings. The quantitative estimate of drug-likeness (QED) is 0.479. The highest BCUT2D eigenvalue weighted by molar-refractivity contribution is 6.29. The predicted molar refractivity (Wildman–Crippen MR) is 108 cm³/mol. The van der Waals surface area contributed by atoms with Crippen molar-refractivity contribution in [3.8, 4) is 16.9 Å². The van der Waals surface area contributed by atoms with Gasteiger partial charge in [0.05, 0.1) is 30.4 Å². The topological polar surface area (TPSA) is 70.2 Å². The zero-order chi connectivity index (χ0) is 19.8. The molecule has 7 heteroatoms. The number of fused-ring (bicyclic) bond motifs is 1. The van der Waals surface area contributed by atoms with Gasteiger partial charge in [0.25, 0.3) is 5.56 Å². The van der Waals surface area contributed by atoms with Crippen LogP contribution in [-0.2, 0) is 6.54 Å². The number of benzene rings is 1. The molecule has 28 heavy (non-hydrogen) atoms. The number of hydrogen-bond acceptors (Lipinski definition) is 5. The molecule has 0 bridgehead atoms. The van der Waals surface area contributed by atoms with Crippen LogP contribution in [0, 0.1) is 13.8 Å². The molecule has 0 aliphatic rings. The van der Waals surface area contributed by atoms with E-state index in [-0.39, 0.29) is 5.56 Å². The van der Waals surface area contributed by atoms with Crippen molar-refractivity contribution in [2.24, 2.45) is 0 Å². The van der Waals surface area contributed by atoms with Crippen molar-refractivity contribution in [2.75, 3.05) is 7.11 Å². The average Bonchev–Trinajstić information content (AvgIpc) is 3.03. The molecule has 1 aromatic carbocycles. The lowest BCUT2D eigenvalue weighted by atomic mass is 10.0. The van der Waals surface area contributed by atoms with Gasteiger partial charge in [-0.2, -0.15) is 0 Å². The van der Waals surface area contributed by atoms with Crippen molar-refractivity contribution in [3.63, 3.8) is 0 Å². The number of ether oxygens (including phenoxy) is 1. The summed E-state index contributed by atoms with van der Waals surface area (Å²) >= 11 is 5.86. The maximum atomic E-state index is 12.6. The van der Waals surface area contributed by atoms with E-state index in [1.807, 2.05) is 38.1 Å². The molecule has 142 valence electrons. The number of halogens is 1. The zero-order valence-corrected chi connectivity index (χ0v) is 16.4. The number of nitrogens with zero attached hydrogens (tertiary/aromatic N) is 3. The molecule has 0 atom stereocenters. The van der Waals surface area contributed by atoms with E-state index in [0.29, 0.717) is 17.4 Å². The van der Waals surface area contributed by atoms with Crippen LogP contribution in [0.25, 0.3) is 22.0 Å². The number of methoxy groups -OCH3 is 1. The van der Waals surface area contributed by atoms with Crippen LogP contribution < -0.4 is 10.3 Å². The normalized spacial score (nSPS) is 11.1. The second kappa shape index (κ2) is 7.13. The van der Waals surface area contributed by atoms with Crippen LogP contribution in [0.3, 0.4) is 0 Å². The molecule has 0 saturated carbocycles. The van der Waals surface area contributed by atoms with Gasteiger partial charge in [-0.25, -0.2) is 4.98 Å². The smallest absolute Gasteiger partial charge is 0.251 e. The summed E-state index contributed by atoms with van der Waals surface area (Å²) in [6.07, 6.45) is 1.67. The Morgan fingerprint density at radius 1 is 1.18 bits per heavy atom. The third-order valence-corrected chi connectivity index (χ3v) is 4.97. The second-order valence-electron chi connectivity index (χ2n) is 6.56. The minimum Gasteiger partial charge on any atom is -0.496 e. The molecule has 3 heterocycles. The first-order chi connectivity index (χ1) is 13.5. The van der Waals surface area contributed by atoms with Gasteiger partial charge in [-0.1, -0.05) is 22.8 Å². The highest BCUT2D eigenvalue weighted by Crippen LogP contribution is 2.37. The summed E-state index contributed by atoms with van der Waals surface area (Å²) in [4.78, 5) is 16.7. The highest BCUT2D eigenvalue weighted by atomic mass is 35.5. The van der Waals surface area contributed by atoms with Crippen molar-refractivity contribution in [2.45, 2.75) is 20.4 Å². The molecular weight excluding hydrogens is 378 g/mol. The lowest BCUT2D eigenvalue weighted by Gasteiger charge is -2.14. The van der Waals surface area contributed by atoms with Crippen LogP contribution in [0.2, 0.25) is 5.15 Å². The molecule has 0 aliphatic carbocycles. The van der Waals surface area contributed by atoms with Gasteiger partial charge in [-0.05, 0) is 43.0 Å². The van der Waals surface area contributed by atoms with Crippen molar-refractivity contribution in [3.05, 3.63) is 75.1 Å². The molecule has 4 rings (SSSR count). The van der Waals surface area contributed by atoms with Crippen molar-refractivity contribution < 1.29 is 9.26 Å². The van der Waals surface area contributed by atoms with Gasteiger partial charge < -0.3 is 13.8 Å². The maximum Gasteiger partial charge on any atom is 0.251 e. The molecule has 0 fully saturated rings. The van der Waals surface area contributed by atoms with E-state index in [1.54, 1.807) is 30.0 Å². The summed E-state index contributed by atoms with van der Waals surface area (Å²) in [5, 5.41) is 5.37. The second-order valence-corrected chi connectivity index (χ2v) is 6.94. The SMILES string of the molecule is COc1cc2c(ccc(=O)n2Cc2ccc(Cl)nc2)cc1-c1c(C)noc1C. The lowest BCUT2D eigenvalue weighted by molar-refractivity contribution is 0.393. The Labute approximate surface area is 166 Å². The minimum absolute atomic E-state index is 0.102. The Balaban J connectivity index is 1.91. The standard InChI is InChI=1S/C21H18ClN3O3/c1-12-21(13(2)28-24-12)16-8-15-5-7-20(26)25(17(15)9-18(16)27-3)11-14-4-6-19(22)23-10-14/h4-10H,11H2,1-3H3. The van der Waals surface area contributed by atoms with Crippen molar-refractivity contribution >= 4 is 22.5 Å². The molecule has 0 aliphatic heterocycles. The number of hydrogen-bond donors (Lipinski definition) is 0. The summed E-state index contributed by atoms with van der Waals surface area (Å²) in [7, 11) is 1.61. The molecular formula is C21H18ClN3O3. The molecule has 0 unspecified atom stereocenters. The first-order valence-electron chi connectivity index (χ1n) is 8.73. The molecule has 6 nitrogen and oxygen atoms in total. The van der Waals surface area contributed by atoms with Crippen LogP contribution in [0.4, 0.5) is 0 Å². The fourth-order valence-electron chi connectivity index (χ4n) is 3.40. The molecule has 0 saturated heterocycles. The van der Waals surface area contributed by atoms with Crippen LogP contribution in [-0.4, -0.2) is 21.8 Å². The van der Waals surface area contributed by atoms with E-state index in [9.17, 15) is 4.79 Å². The Morgan fingerprint density at radius 2 is 2.00 bits per heavy atom. The van der Waals surface area contributed by atoms with Crippen LogP contribution in [0.15, 0.2) is 51.9 Å². The van der Waals surface area contributed by atoms with Crippen molar-refractivity contribution in [1.82, 2.24) is 14.7 Å². The summed E-state index contributed by atoms with van der Waals surface area (Å²) in [6, 6.07) is 10.8. The third-order valence-electron chi connectivity index (χ3n) is 4.74. The molecule has 0 amide bonds. The van der Waals surface area contributed by atoms with Gasteiger partial charge in [-0.3, -0.25) is 4.79 Å². The lowest BCUT2D eigenvalue weighted by Crippen LogP contribution is -2.20. The minimum atomic E-state index is -0.102. The Morgan fingerprint density at radius 3 is 2.64 bits per heavy atom. The number of rotatable bonds is 4. The Hall–Kier alpha value is -3.12. The van der Waals surface area contributed by atoms with Gasteiger partial charge in [0.1, 0.15) is 16.7 Å². The largest absolute Gasteiger partial charge is 0.496 e. The summed E-state index contributed by atoms with van der Waals surface area (Å²) in [6.45, 7) is 4.14. The molecule has 0 radical (unpaired) electrons. The number of aryl methyl sites for hydroxylation is 2. The summed E-state index contributed by atoms with van der Waals surface area (Å²) in [5.41, 5.74) is 4.12. The average molecular weight is 396 g/mol. The fourth-order valence-corrected chi connectivity index (χ4v) is 3.51. The van der Waals surface area contributed by atoms with Gasteiger partial charge >= 0.3 is 0 Å². The first-order valence-corrected chi connectivity index (χ1v) is 9.11. The Bertz CT molecular complexity index is 1210. The Kier molecular flexibility index (Phi) is 4.65. The van der Waals surface area contributed by atoms with E-state index < -0.39 is 0 Å². The first kappa shape index (κ1) is 18.3. The molecule has 0 spiro atoms. The van der Waals surface area contributed by atoms with E-state index in [0.717, 1.165) is 39.0 Å². The third kappa shape index (κ3) is 3.16.